The van der Waals surface area contributed by atoms with E-state index in [4.69, 9.17) is 23.2 Å². The first kappa shape index (κ1) is 18.0. The second kappa shape index (κ2) is 6.84. The number of hydrazine groups is 1. The maximum Gasteiger partial charge on any atom is 0.344 e. The van der Waals surface area contributed by atoms with Gasteiger partial charge in [0.05, 0.1) is 6.42 Å². The van der Waals surface area contributed by atoms with Crippen molar-refractivity contribution in [1.82, 2.24) is 15.8 Å². The van der Waals surface area contributed by atoms with E-state index in [0.717, 1.165) is 17.9 Å². The number of carbonyl (C=O) groups excluding carboxylic acids is 3. The molecule has 2 N–H and O–H groups in total. The largest absolute Gasteiger partial charge is 0.344 e. The van der Waals surface area contributed by atoms with Crippen molar-refractivity contribution in [3.63, 3.8) is 0 Å². The highest BCUT2D eigenvalue weighted by molar-refractivity contribution is 6.36. The monoisotopic (exact) mass is 383 g/mol. The molecule has 0 unspecified atom stereocenters. The Morgan fingerprint density at radius 3 is 2.48 bits per heavy atom. The summed E-state index contributed by atoms with van der Waals surface area (Å²) in [7, 11) is 0. The number of carbonyl (C=O) groups is 3. The summed E-state index contributed by atoms with van der Waals surface area (Å²) >= 11 is 12.1. The van der Waals surface area contributed by atoms with Gasteiger partial charge in [0, 0.05) is 10.0 Å². The van der Waals surface area contributed by atoms with Gasteiger partial charge in [0.1, 0.15) is 5.54 Å². The van der Waals surface area contributed by atoms with Gasteiger partial charge < -0.3 is 5.32 Å². The first-order chi connectivity index (χ1) is 11.8. The van der Waals surface area contributed by atoms with Crippen molar-refractivity contribution < 1.29 is 14.4 Å². The number of imide groups is 1. The first-order valence-electron chi connectivity index (χ1n) is 8.21. The van der Waals surface area contributed by atoms with Crippen molar-refractivity contribution in [1.29, 1.82) is 0 Å². The lowest BCUT2D eigenvalue weighted by Crippen LogP contribution is -2.51. The molecule has 8 heteroatoms. The molecule has 3 rings (SSSR count). The SMILES string of the molecule is CC1CCC2(CC1)NC(=O)N(NC(=O)Cc1c(Cl)cccc1Cl)C2=O. The average molecular weight is 384 g/mol. The number of hydrogen-bond acceptors (Lipinski definition) is 3. The van der Waals surface area contributed by atoms with Crippen molar-refractivity contribution in [2.24, 2.45) is 5.92 Å². The predicted octanol–water partition coefficient (Wildman–Crippen LogP) is 3.07. The van der Waals surface area contributed by atoms with Crippen molar-refractivity contribution in [2.75, 3.05) is 0 Å². The normalized spacial score (nSPS) is 26.0. The summed E-state index contributed by atoms with van der Waals surface area (Å²) in [4.78, 5) is 37.2. The second-order valence-electron chi connectivity index (χ2n) is 6.75. The van der Waals surface area contributed by atoms with Gasteiger partial charge in [-0.3, -0.25) is 15.0 Å². The maximum absolute atomic E-state index is 12.7. The molecule has 1 saturated carbocycles. The standard InChI is InChI=1S/C17H19Cl2N3O3/c1-10-5-7-17(8-6-10)15(24)22(16(25)20-17)21-14(23)9-11-12(18)3-2-4-13(11)19/h2-4,10H,5-9H2,1H3,(H,20,25)(H,21,23). The Bertz CT molecular complexity index is 710. The Morgan fingerprint density at radius 1 is 1.28 bits per heavy atom. The molecular formula is C17H19Cl2N3O3. The smallest absolute Gasteiger partial charge is 0.322 e. The molecule has 25 heavy (non-hydrogen) atoms. The van der Waals surface area contributed by atoms with Crippen LogP contribution < -0.4 is 10.7 Å². The number of urea groups is 1. The predicted molar refractivity (Wildman–Crippen MR) is 94.0 cm³/mol. The lowest BCUT2D eigenvalue weighted by atomic mass is 9.77. The molecule has 2 aliphatic rings. The van der Waals surface area contributed by atoms with Gasteiger partial charge in [0.15, 0.2) is 0 Å². The summed E-state index contributed by atoms with van der Waals surface area (Å²) in [6, 6.07) is 4.33. The van der Waals surface area contributed by atoms with Crippen LogP contribution in [0.2, 0.25) is 10.0 Å². The molecule has 1 saturated heterocycles. The molecule has 2 fully saturated rings. The van der Waals surface area contributed by atoms with Gasteiger partial charge >= 0.3 is 6.03 Å². The van der Waals surface area contributed by atoms with Crippen LogP contribution in [0.4, 0.5) is 4.79 Å². The van der Waals surface area contributed by atoms with E-state index in [0.29, 0.717) is 34.4 Å². The lowest BCUT2D eigenvalue weighted by Gasteiger charge is -2.33. The van der Waals surface area contributed by atoms with Crippen LogP contribution >= 0.6 is 23.2 Å². The van der Waals surface area contributed by atoms with E-state index >= 15 is 0 Å². The number of nitrogens with zero attached hydrogens (tertiary/aromatic N) is 1. The zero-order chi connectivity index (χ0) is 18.2. The third-order valence-corrected chi connectivity index (χ3v) is 5.63. The fourth-order valence-electron chi connectivity index (χ4n) is 3.34. The first-order valence-corrected chi connectivity index (χ1v) is 8.97. The molecule has 1 spiro atoms. The molecule has 134 valence electrons. The molecule has 6 nitrogen and oxygen atoms in total. The van der Waals surface area contributed by atoms with E-state index in [2.05, 4.69) is 17.7 Å². The number of hydrogen-bond donors (Lipinski definition) is 2. The van der Waals surface area contributed by atoms with E-state index in [-0.39, 0.29) is 6.42 Å². The Hall–Kier alpha value is -1.79. The van der Waals surface area contributed by atoms with Crippen LogP contribution in [0.25, 0.3) is 0 Å². The molecule has 0 aromatic heterocycles. The van der Waals surface area contributed by atoms with E-state index in [1.54, 1.807) is 18.2 Å². The molecule has 4 amide bonds. The van der Waals surface area contributed by atoms with E-state index in [1.165, 1.54) is 0 Å². The third kappa shape index (κ3) is 3.46. The van der Waals surface area contributed by atoms with Gasteiger partial charge in [-0.1, -0.05) is 36.2 Å². The fraction of sp³-hybridized carbons (Fsp3) is 0.471. The van der Waals surface area contributed by atoms with Crippen LogP contribution in [0.15, 0.2) is 18.2 Å². The summed E-state index contributed by atoms with van der Waals surface area (Å²) < 4.78 is 0. The van der Waals surface area contributed by atoms with Crippen LogP contribution in [-0.4, -0.2) is 28.4 Å². The van der Waals surface area contributed by atoms with Crippen molar-refractivity contribution in [3.05, 3.63) is 33.8 Å². The zero-order valence-electron chi connectivity index (χ0n) is 13.8. The van der Waals surface area contributed by atoms with Crippen molar-refractivity contribution in [2.45, 2.75) is 44.6 Å². The molecule has 0 radical (unpaired) electrons. The Kier molecular flexibility index (Phi) is 4.93. The number of rotatable bonds is 3. The average Bonchev–Trinajstić information content (AvgIpc) is 2.79. The summed E-state index contributed by atoms with van der Waals surface area (Å²) in [6.45, 7) is 2.13. The van der Waals surface area contributed by atoms with Gasteiger partial charge in [0.2, 0.25) is 5.91 Å². The van der Waals surface area contributed by atoms with E-state index < -0.39 is 23.4 Å². The van der Waals surface area contributed by atoms with E-state index in [9.17, 15) is 14.4 Å². The quantitative estimate of drug-likeness (QED) is 0.787. The maximum atomic E-state index is 12.7. The zero-order valence-corrected chi connectivity index (χ0v) is 15.3. The molecule has 1 aliphatic heterocycles. The molecule has 0 atom stereocenters. The Morgan fingerprint density at radius 2 is 1.88 bits per heavy atom. The number of nitrogens with one attached hydrogen (secondary N) is 2. The minimum Gasteiger partial charge on any atom is -0.322 e. The molecular weight excluding hydrogens is 365 g/mol. The highest BCUT2D eigenvalue weighted by Gasteiger charge is 2.52. The van der Waals surface area contributed by atoms with Gasteiger partial charge in [-0.25, -0.2) is 4.79 Å². The Labute approximate surface area is 155 Å². The summed E-state index contributed by atoms with van der Waals surface area (Å²) in [5.41, 5.74) is 1.94. The summed E-state index contributed by atoms with van der Waals surface area (Å²) in [5.74, 6) is -0.399. The minimum absolute atomic E-state index is 0.125. The van der Waals surface area contributed by atoms with Crippen LogP contribution in [0, 0.1) is 5.92 Å². The Balaban J connectivity index is 1.69. The number of amides is 4. The molecule has 1 aromatic carbocycles. The van der Waals surface area contributed by atoms with Gasteiger partial charge in [0.25, 0.3) is 5.91 Å². The highest BCUT2D eigenvalue weighted by Crippen LogP contribution is 2.35. The summed E-state index contributed by atoms with van der Waals surface area (Å²) in [6.07, 6.45) is 2.77. The fourth-order valence-corrected chi connectivity index (χ4v) is 3.87. The van der Waals surface area contributed by atoms with E-state index in [1.807, 2.05) is 0 Å². The van der Waals surface area contributed by atoms with Crippen LogP contribution in [0.3, 0.4) is 0 Å². The third-order valence-electron chi connectivity index (χ3n) is 4.93. The van der Waals surface area contributed by atoms with Crippen molar-refractivity contribution >= 4 is 41.0 Å². The molecule has 1 aromatic rings. The van der Waals surface area contributed by atoms with Crippen LogP contribution in [0.1, 0.15) is 38.2 Å². The number of halogens is 2. The lowest BCUT2D eigenvalue weighted by molar-refractivity contribution is -0.139. The topological polar surface area (TPSA) is 78.5 Å². The van der Waals surface area contributed by atoms with Gasteiger partial charge in [-0.2, -0.15) is 5.01 Å². The van der Waals surface area contributed by atoms with Crippen LogP contribution in [0.5, 0.6) is 0 Å². The second-order valence-corrected chi connectivity index (χ2v) is 7.56. The molecule has 1 heterocycles. The van der Waals surface area contributed by atoms with Gasteiger partial charge in [-0.05, 0) is 49.3 Å². The molecule has 0 bridgehead atoms. The van der Waals surface area contributed by atoms with Gasteiger partial charge in [-0.15, -0.1) is 0 Å². The summed E-state index contributed by atoms with van der Waals surface area (Å²) in [5, 5.41) is 4.25. The van der Waals surface area contributed by atoms with Crippen LogP contribution in [-0.2, 0) is 16.0 Å². The number of benzene rings is 1. The van der Waals surface area contributed by atoms with Crippen molar-refractivity contribution in [3.8, 4) is 0 Å². The minimum atomic E-state index is -0.890. The highest BCUT2D eigenvalue weighted by atomic mass is 35.5. The molecule has 1 aliphatic carbocycles.